The molecular weight excluding hydrogens is 192 g/mol. The van der Waals surface area contributed by atoms with Crippen LogP contribution in [-0.2, 0) is 11.2 Å². The van der Waals surface area contributed by atoms with E-state index in [1.165, 1.54) is 0 Å². The molecule has 1 aromatic heterocycles. The second-order valence-electron chi connectivity index (χ2n) is 3.37. The molecule has 0 saturated heterocycles. The van der Waals surface area contributed by atoms with Gasteiger partial charge in [0.1, 0.15) is 0 Å². The number of hydrogen-bond acceptors (Lipinski definition) is 2. The monoisotopic (exact) mass is 206 g/mol. The molecule has 1 aromatic carbocycles. The highest BCUT2D eigenvalue weighted by Crippen LogP contribution is 2.13. The summed E-state index contributed by atoms with van der Waals surface area (Å²) >= 11 is 0. The number of ether oxygens (including phenoxy) is 1. The molecule has 0 unspecified atom stereocenters. The Kier molecular flexibility index (Phi) is 2.87. The minimum Gasteiger partial charge on any atom is -0.381 e. The first-order valence-electron chi connectivity index (χ1n) is 5.09. The number of imidazole rings is 1. The lowest BCUT2D eigenvalue weighted by Gasteiger charge is -2.02. The van der Waals surface area contributed by atoms with Gasteiger partial charge in [0.25, 0.3) is 0 Å². The number of para-hydroxylation sites is 1. The first-order chi connectivity index (χ1) is 7.31. The van der Waals surface area contributed by atoms with Gasteiger partial charge in [0.15, 0.2) is 0 Å². The second-order valence-corrected chi connectivity index (χ2v) is 3.37. The Labute approximate surface area is 87.3 Å². The van der Waals surface area contributed by atoms with E-state index in [-0.39, 0.29) is 5.69 Å². The van der Waals surface area contributed by atoms with Crippen molar-refractivity contribution in [3.05, 3.63) is 34.2 Å². The van der Waals surface area contributed by atoms with Gasteiger partial charge in [-0.1, -0.05) is 12.1 Å². The van der Waals surface area contributed by atoms with E-state index in [1.807, 2.05) is 25.1 Å². The van der Waals surface area contributed by atoms with Gasteiger partial charge in [0, 0.05) is 6.61 Å². The van der Waals surface area contributed by atoms with Crippen molar-refractivity contribution in [2.75, 3.05) is 13.2 Å². The second kappa shape index (κ2) is 4.31. The standard InChI is InChI=1S/C11H14N2O2/c1-2-15-7-6-8-4-3-5-9-10(8)13-11(14)12-9/h3-5H,2,6-7H2,1H3,(H2,12,13,14). The Morgan fingerprint density at radius 3 is 3.00 bits per heavy atom. The van der Waals surface area contributed by atoms with Crippen LogP contribution in [0.2, 0.25) is 0 Å². The van der Waals surface area contributed by atoms with Crippen LogP contribution in [0.3, 0.4) is 0 Å². The van der Waals surface area contributed by atoms with Crippen LogP contribution in [0.1, 0.15) is 12.5 Å². The molecule has 15 heavy (non-hydrogen) atoms. The Balaban J connectivity index is 2.29. The predicted octanol–water partition coefficient (Wildman–Crippen LogP) is 1.44. The Morgan fingerprint density at radius 2 is 2.20 bits per heavy atom. The number of aromatic nitrogens is 2. The summed E-state index contributed by atoms with van der Waals surface area (Å²) in [6, 6.07) is 5.83. The highest BCUT2D eigenvalue weighted by molar-refractivity contribution is 5.78. The average molecular weight is 206 g/mol. The van der Waals surface area contributed by atoms with E-state index >= 15 is 0 Å². The van der Waals surface area contributed by atoms with Gasteiger partial charge in [-0.25, -0.2) is 4.79 Å². The molecule has 0 aliphatic rings. The summed E-state index contributed by atoms with van der Waals surface area (Å²) in [5.74, 6) is 0. The van der Waals surface area contributed by atoms with E-state index in [2.05, 4.69) is 9.97 Å². The fourth-order valence-corrected chi connectivity index (χ4v) is 1.65. The smallest absolute Gasteiger partial charge is 0.323 e. The number of hydrogen-bond donors (Lipinski definition) is 2. The third-order valence-corrected chi connectivity index (χ3v) is 2.36. The van der Waals surface area contributed by atoms with Gasteiger partial charge < -0.3 is 14.7 Å². The van der Waals surface area contributed by atoms with Crippen molar-refractivity contribution in [2.24, 2.45) is 0 Å². The molecule has 0 aliphatic heterocycles. The molecule has 2 N–H and O–H groups in total. The zero-order valence-electron chi connectivity index (χ0n) is 8.67. The van der Waals surface area contributed by atoms with Crippen LogP contribution < -0.4 is 5.69 Å². The molecule has 2 aromatic rings. The highest BCUT2D eigenvalue weighted by Gasteiger charge is 2.03. The molecule has 4 heteroatoms. The van der Waals surface area contributed by atoms with Crippen LogP contribution >= 0.6 is 0 Å². The van der Waals surface area contributed by atoms with Gasteiger partial charge in [-0.15, -0.1) is 0 Å². The van der Waals surface area contributed by atoms with Gasteiger partial charge in [0.05, 0.1) is 17.6 Å². The van der Waals surface area contributed by atoms with Gasteiger partial charge in [0.2, 0.25) is 0 Å². The Hall–Kier alpha value is -1.55. The molecule has 2 rings (SSSR count). The maximum Gasteiger partial charge on any atom is 0.323 e. The quantitative estimate of drug-likeness (QED) is 0.743. The number of rotatable bonds is 4. The van der Waals surface area contributed by atoms with Crippen molar-refractivity contribution in [3.63, 3.8) is 0 Å². The lowest BCUT2D eigenvalue weighted by atomic mass is 10.1. The van der Waals surface area contributed by atoms with Crippen molar-refractivity contribution in [1.29, 1.82) is 0 Å². The normalized spacial score (nSPS) is 11.0. The summed E-state index contributed by atoms with van der Waals surface area (Å²) in [5.41, 5.74) is 2.70. The molecule has 0 spiro atoms. The molecule has 0 saturated carbocycles. The minimum atomic E-state index is -0.158. The number of benzene rings is 1. The van der Waals surface area contributed by atoms with Crippen LogP contribution in [-0.4, -0.2) is 23.2 Å². The van der Waals surface area contributed by atoms with Crippen molar-refractivity contribution in [1.82, 2.24) is 9.97 Å². The zero-order chi connectivity index (χ0) is 10.7. The fraction of sp³-hybridized carbons (Fsp3) is 0.364. The molecule has 0 aliphatic carbocycles. The van der Waals surface area contributed by atoms with Gasteiger partial charge >= 0.3 is 5.69 Å². The molecule has 1 heterocycles. The van der Waals surface area contributed by atoms with Crippen LogP contribution in [0.15, 0.2) is 23.0 Å². The molecule has 0 fully saturated rings. The minimum absolute atomic E-state index is 0.158. The first-order valence-corrected chi connectivity index (χ1v) is 5.09. The van der Waals surface area contributed by atoms with Gasteiger partial charge in [-0.3, -0.25) is 0 Å². The summed E-state index contributed by atoms with van der Waals surface area (Å²) in [6.07, 6.45) is 0.818. The maximum atomic E-state index is 11.1. The summed E-state index contributed by atoms with van der Waals surface area (Å²) in [7, 11) is 0. The third-order valence-electron chi connectivity index (χ3n) is 2.36. The topological polar surface area (TPSA) is 57.9 Å². The molecular formula is C11H14N2O2. The van der Waals surface area contributed by atoms with Crippen molar-refractivity contribution in [3.8, 4) is 0 Å². The van der Waals surface area contributed by atoms with Crippen LogP contribution in [0.5, 0.6) is 0 Å². The van der Waals surface area contributed by atoms with Crippen LogP contribution in [0.25, 0.3) is 11.0 Å². The van der Waals surface area contributed by atoms with Crippen LogP contribution in [0, 0.1) is 0 Å². The molecule has 0 atom stereocenters. The summed E-state index contributed by atoms with van der Waals surface area (Å²) in [6.45, 7) is 3.38. The van der Waals surface area contributed by atoms with Gasteiger partial charge in [-0.05, 0) is 25.0 Å². The van der Waals surface area contributed by atoms with Crippen molar-refractivity contribution in [2.45, 2.75) is 13.3 Å². The average Bonchev–Trinajstić information content (AvgIpc) is 2.59. The largest absolute Gasteiger partial charge is 0.381 e. The molecule has 0 bridgehead atoms. The predicted molar refractivity (Wildman–Crippen MR) is 59.1 cm³/mol. The lowest BCUT2D eigenvalue weighted by molar-refractivity contribution is 0.151. The van der Waals surface area contributed by atoms with E-state index in [0.717, 1.165) is 29.6 Å². The molecule has 0 radical (unpaired) electrons. The van der Waals surface area contributed by atoms with E-state index in [1.54, 1.807) is 0 Å². The summed E-state index contributed by atoms with van der Waals surface area (Å²) in [5, 5.41) is 0. The number of H-pyrrole nitrogens is 2. The summed E-state index contributed by atoms with van der Waals surface area (Å²) < 4.78 is 5.29. The van der Waals surface area contributed by atoms with E-state index in [9.17, 15) is 4.79 Å². The number of nitrogens with one attached hydrogen (secondary N) is 2. The van der Waals surface area contributed by atoms with Crippen molar-refractivity contribution < 1.29 is 4.74 Å². The number of aromatic amines is 2. The van der Waals surface area contributed by atoms with E-state index < -0.39 is 0 Å². The van der Waals surface area contributed by atoms with Crippen molar-refractivity contribution >= 4 is 11.0 Å². The molecule has 0 amide bonds. The molecule has 4 nitrogen and oxygen atoms in total. The van der Waals surface area contributed by atoms with Gasteiger partial charge in [-0.2, -0.15) is 0 Å². The zero-order valence-corrected chi connectivity index (χ0v) is 8.67. The van der Waals surface area contributed by atoms with Crippen LogP contribution in [0.4, 0.5) is 0 Å². The first kappa shape index (κ1) is 9.98. The Bertz CT molecular complexity index is 499. The summed E-state index contributed by atoms with van der Waals surface area (Å²) in [4.78, 5) is 16.7. The Morgan fingerprint density at radius 1 is 1.33 bits per heavy atom. The third kappa shape index (κ3) is 2.10. The maximum absolute atomic E-state index is 11.1. The number of fused-ring (bicyclic) bond motifs is 1. The van der Waals surface area contributed by atoms with E-state index in [0.29, 0.717) is 6.61 Å². The van der Waals surface area contributed by atoms with E-state index in [4.69, 9.17) is 4.74 Å². The molecule has 80 valence electrons. The lowest BCUT2D eigenvalue weighted by Crippen LogP contribution is -2.01. The SMILES string of the molecule is CCOCCc1cccc2[nH]c(=O)[nH]c12. The highest BCUT2D eigenvalue weighted by atomic mass is 16.5. The fourth-order valence-electron chi connectivity index (χ4n) is 1.65.